The van der Waals surface area contributed by atoms with Crippen molar-refractivity contribution in [1.82, 2.24) is 4.98 Å². The number of nitrogens with two attached hydrogens (primary N) is 1. The summed E-state index contributed by atoms with van der Waals surface area (Å²) in [7, 11) is 1.78. The standard InChI is InChI=1S/C16H20BrN3O/c1-21-10-11-4-6-20(7-5-11)15-3-2-14(18)13-8-12(17)9-19-16(13)15/h2-3,8-9,11H,4-7,10,18H2,1H3. The van der Waals surface area contributed by atoms with Gasteiger partial charge in [0, 0.05) is 48.5 Å². The molecule has 112 valence electrons. The average molecular weight is 350 g/mol. The number of pyridine rings is 1. The van der Waals surface area contributed by atoms with Gasteiger partial charge in [-0.2, -0.15) is 0 Å². The molecule has 0 amide bonds. The quantitative estimate of drug-likeness (QED) is 0.862. The minimum absolute atomic E-state index is 0.674. The maximum Gasteiger partial charge on any atom is 0.0956 e. The van der Waals surface area contributed by atoms with Gasteiger partial charge in [0.05, 0.1) is 11.2 Å². The molecule has 0 saturated carbocycles. The Hall–Kier alpha value is -1.33. The Morgan fingerprint density at radius 2 is 2.14 bits per heavy atom. The summed E-state index contributed by atoms with van der Waals surface area (Å²) in [5.41, 5.74) is 9.04. The number of ether oxygens (including phenoxy) is 1. The van der Waals surface area contributed by atoms with Gasteiger partial charge < -0.3 is 15.4 Å². The second kappa shape index (κ2) is 6.20. The first-order valence-corrected chi connectivity index (χ1v) is 8.06. The third-order valence-electron chi connectivity index (χ3n) is 4.19. The number of fused-ring (bicyclic) bond motifs is 1. The molecule has 2 aromatic rings. The van der Waals surface area contributed by atoms with Crippen LogP contribution in [0.4, 0.5) is 11.4 Å². The van der Waals surface area contributed by atoms with E-state index in [1.165, 1.54) is 5.69 Å². The lowest BCUT2D eigenvalue weighted by Crippen LogP contribution is -2.35. The van der Waals surface area contributed by atoms with Gasteiger partial charge in [-0.05, 0) is 52.9 Å². The fraction of sp³-hybridized carbons (Fsp3) is 0.438. The minimum atomic E-state index is 0.674. The summed E-state index contributed by atoms with van der Waals surface area (Å²) >= 11 is 3.47. The lowest BCUT2D eigenvalue weighted by atomic mass is 9.97. The Morgan fingerprint density at radius 3 is 2.86 bits per heavy atom. The van der Waals surface area contributed by atoms with Crippen LogP contribution in [0.5, 0.6) is 0 Å². The number of benzene rings is 1. The van der Waals surface area contributed by atoms with Crippen molar-refractivity contribution >= 4 is 38.2 Å². The molecule has 1 aliphatic heterocycles. The molecule has 21 heavy (non-hydrogen) atoms. The molecule has 1 aromatic heterocycles. The Labute approximate surface area is 133 Å². The largest absolute Gasteiger partial charge is 0.398 e. The third kappa shape index (κ3) is 2.99. The highest BCUT2D eigenvalue weighted by Crippen LogP contribution is 2.33. The normalized spacial score (nSPS) is 16.6. The van der Waals surface area contributed by atoms with E-state index in [0.29, 0.717) is 5.92 Å². The maximum absolute atomic E-state index is 6.09. The number of halogens is 1. The molecular formula is C16H20BrN3O. The lowest BCUT2D eigenvalue weighted by Gasteiger charge is -2.33. The van der Waals surface area contributed by atoms with E-state index >= 15 is 0 Å². The Bertz CT molecular complexity index is 639. The zero-order valence-corrected chi connectivity index (χ0v) is 13.8. The molecule has 1 aromatic carbocycles. The number of nitrogen functional groups attached to an aromatic ring is 1. The first-order valence-electron chi connectivity index (χ1n) is 7.26. The van der Waals surface area contributed by atoms with Gasteiger partial charge in [0.2, 0.25) is 0 Å². The smallest absolute Gasteiger partial charge is 0.0956 e. The van der Waals surface area contributed by atoms with Gasteiger partial charge in [-0.3, -0.25) is 4.98 Å². The molecular weight excluding hydrogens is 330 g/mol. The summed E-state index contributed by atoms with van der Waals surface area (Å²) in [6.07, 6.45) is 4.16. The molecule has 0 spiro atoms. The fourth-order valence-corrected chi connectivity index (χ4v) is 3.36. The van der Waals surface area contributed by atoms with E-state index in [4.69, 9.17) is 10.5 Å². The predicted molar refractivity (Wildman–Crippen MR) is 90.7 cm³/mol. The van der Waals surface area contributed by atoms with E-state index in [1.54, 1.807) is 7.11 Å². The highest BCUT2D eigenvalue weighted by Gasteiger charge is 2.21. The third-order valence-corrected chi connectivity index (χ3v) is 4.62. The SMILES string of the molecule is COCC1CCN(c2ccc(N)c3cc(Br)cnc23)CC1. The molecule has 0 bridgehead atoms. The molecule has 2 N–H and O–H groups in total. The van der Waals surface area contributed by atoms with Crippen molar-refractivity contribution in [1.29, 1.82) is 0 Å². The van der Waals surface area contributed by atoms with E-state index in [-0.39, 0.29) is 0 Å². The van der Waals surface area contributed by atoms with Crippen LogP contribution in [0.25, 0.3) is 10.9 Å². The highest BCUT2D eigenvalue weighted by molar-refractivity contribution is 9.10. The van der Waals surface area contributed by atoms with Crippen LogP contribution in [0.3, 0.4) is 0 Å². The van der Waals surface area contributed by atoms with Crippen LogP contribution in [0, 0.1) is 5.92 Å². The topological polar surface area (TPSA) is 51.4 Å². The summed E-state index contributed by atoms with van der Waals surface area (Å²) in [6.45, 7) is 2.96. The number of aromatic nitrogens is 1. The molecule has 4 nitrogen and oxygen atoms in total. The van der Waals surface area contributed by atoms with Crippen LogP contribution in [0.15, 0.2) is 28.9 Å². The van der Waals surface area contributed by atoms with Gasteiger partial charge in [0.15, 0.2) is 0 Å². The zero-order chi connectivity index (χ0) is 14.8. The van der Waals surface area contributed by atoms with E-state index in [0.717, 1.165) is 53.6 Å². The Balaban J connectivity index is 1.90. The molecule has 0 aliphatic carbocycles. The molecule has 5 heteroatoms. The summed E-state index contributed by atoms with van der Waals surface area (Å²) in [5, 5.41) is 1.01. The second-order valence-electron chi connectivity index (χ2n) is 5.61. The van der Waals surface area contributed by atoms with Crippen molar-refractivity contribution < 1.29 is 4.74 Å². The Morgan fingerprint density at radius 1 is 1.38 bits per heavy atom. The molecule has 1 fully saturated rings. The number of hydrogen-bond acceptors (Lipinski definition) is 4. The maximum atomic E-state index is 6.09. The summed E-state index contributed by atoms with van der Waals surface area (Å²) in [6, 6.07) is 6.11. The van der Waals surface area contributed by atoms with E-state index < -0.39 is 0 Å². The van der Waals surface area contributed by atoms with Crippen LogP contribution < -0.4 is 10.6 Å². The number of piperidine rings is 1. The molecule has 3 rings (SSSR count). The second-order valence-corrected chi connectivity index (χ2v) is 6.53. The van der Waals surface area contributed by atoms with E-state index in [1.807, 2.05) is 18.3 Å². The number of rotatable bonds is 3. The van der Waals surface area contributed by atoms with E-state index in [2.05, 4.69) is 31.9 Å². The first kappa shape index (κ1) is 14.6. The van der Waals surface area contributed by atoms with Crippen molar-refractivity contribution in [2.75, 3.05) is 37.4 Å². The van der Waals surface area contributed by atoms with Crippen LogP contribution >= 0.6 is 15.9 Å². The van der Waals surface area contributed by atoms with Gasteiger partial charge in [0.25, 0.3) is 0 Å². The zero-order valence-electron chi connectivity index (χ0n) is 12.2. The minimum Gasteiger partial charge on any atom is -0.398 e. The molecule has 0 unspecified atom stereocenters. The van der Waals surface area contributed by atoms with Gasteiger partial charge >= 0.3 is 0 Å². The van der Waals surface area contributed by atoms with E-state index in [9.17, 15) is 0 Å². The van der Waals surface area contributed by atoms with Gasteiger partial charge in [-0.1, -0.05) is 0 Å². The number of anilines is 2. The molecule has 2 heterocycles. The van der Waals surface area contributed by atoms with Crippen molar-refractivity contribution in [3.8, 4) is 0 Å². The van der Waals surface area contributed by atoms with Gasteiger partial charge in [0.1, 0.15) is 0 Å². The van der Waals surface area contributed by atoms with Crippen molar-refractivity contribution in [3.63, 3.8) is 0 Å². The average Bonchev–Trinajstić information content (AvgIpc) is 2.50. The van der Waals surface area contributed by atoms with Crippen LogP contribution in [-0.2, 0) is 4.74 Å². The lowest BCUT2D eigenvalue weighted by molar-refractivity contribution is 0.139. The van der Waals surface area contributed by atoms with Crippen LogP contribution in [-0.4, -0.2) is 31.8 Å². The first-order chi connectivity index (χ1) is 10.2. The molecule has 0 atom stereocenters. The van der Waals surface area contributed by atoms with Gasteiger partial charge in [-0.25, -0.2) is 0 Å². The van der Waals surface area contributed by atoms with Crippen molar-refractivity contribution in [2.24, 2.45) is 5.92 Å². The van der Waals surface area contributed by atoms with Crippen molar-refractivity contribution in [3.05, 3.63) is 28.9 Å². The van der Waals surface area contributed by atoms with Crippen LogP contribution in [0.2, 0.25) is 0 Å². The molecule has 1 aliphatic rings. The van der Waals surface area contributed by atoms with Crippen molar-refractivity contribution in [2.45, 2.75) is 12.8 Å². The molecule has 0 radical (unpaired) electrons. The summed E-state index contributed by atoms with van der Waals surface area (Å²) in [5.74, 6) is 0.674. The number of hydrogen-bond donors (Lipinski definition) is 1. The Kier molecular flexibility index (Phi) is 4.31. The highest BCUT2D eigenvalue weighted by atomic mass is 79.9. The summed E-state index contributed by atoms with van der Waals surface area (Å²) in [4.78, 5) is 6.99. The molecule has 1 saturated heterocycles. The van der Waals surface area contributed by atoms with Crippen LogP contribution in [0.1, 0.15) is 12.8 Å². The predicted octanol–water partition coefficient (Wildman–Crippen LogP) is 3.44. The number of methoxy groups -OCH3 is 1. The summed E-state index contributed by atoms with van der Waals surface area (Å²) < 4.78 is 6.22. The van der Waals surface area contributed by atoms with Gasteiger partial charge in [-0.15, -0.1) is 0 Å². The monoisotopic (exact) mass is 349 g/mol. The fourth-order valence-electron chi connectivity index (χ4n) is 3.03. The number of nitrogens with zero attached hydrogens (tertiary/aromatic N) is 2.